The van der Waals surface area contributed by atoms with Gasteiger partial charge < -0.3 is 10.5 Å². The summed E-state index contributed by atoms with van der Waals surface area (Å²) in [5.41, 5.74) is 5.83. The number of hydrogen-bond donors (Lipinski definition) is 2. The van der Waals surface area contributed by atoms with Crippen molar-refractivity contribution in [1.82, 2.24) is 10.2 Å². The van der Waals surface area contributed by atoms with E-state index in [0.29, 0.717) is 10.9 Å². The van der Waals surface area contributed by atoms with Gasteiger partial charge in [-0.15, -0.1) is 10.2 Å². The minimum Gasteiger partial charge on any atom is -0.484 e. The highest BCUT2D eigenvalue weighted by molar-refractivity contribution is 7.15. The number of amides is 2. The fourth-order valence-electron chi connectivity index (χ4n) is 1.88. The lowest BCUT2D eigenvalue weighted by Gasteiger charge is -2.03. The van der Waals surface area contributed by atoms with Gasteiger partial charge in [-0.25, -0.2) is 0 Å². The Labute approximate surface area is 149 Å². The van der Waals surface area contributed by atoms with Crippen LogP contribution in [0.5, 0.6) is 5.75 Å². The van der Waals surface area contributed by atoms with Crippen molar-refractivity contribution >= 4 is 34.4 Å². The van der Waals surface area contributed by atoms with E-state index in [1.807, 2.05) is 0 Å². The van der Waals surface area contributed by atoms with E-state index in [2.05, 4.69) is 22.4 Å². The highest BCUT2D eigenvalue weighted by Gasteiger charge is 2.06. The van der Waals surface area contributed by atoms with Crippen LogP contribution in [0.2, 0.25) is 0 Å². The standard InChI is InChI=1S/C17H20N4O3S/c1-2-3-4-16-20-21-17(25-16)19-15(23)10-7-12-5-8-13(9-6-12)24-11-14(18)22/h5-10H,2-4,11H2,1H3,(H2,18,22)(H,19,21,23)/b10-7+. The summed E-state index contributed by atoms with van der Waals surface area (Å²) in [6.45, 7) is 1.95. The summed E-state index contributed by atoms with van der Waals surface area (Å²) in [6.07, 6.45) is 6.13. The Hall–Kier alpha value is -2.74. The van der Waals surface area contributed by atoms with Gasteiger partial charge in [0.25, 0.3) is 5.91 Å². The molecule has 0 aliphatic heterocycles. The number of benzene rings is 1. The van der Waals surface area contributed by atoms with Crippen LogP contribution in [-0.2, 0) is 16.0 Å². The molecular weight excluding hydrogens is 340 g/mol. The van der Waals surface area contributed by atoms with Crippen molar-refractivity contribution in [2.24, 2.45) is 5.73 Å². The van der Waals surface area contributed by atoms with E-state index in [4.69, 9.17) is 10.5 Å². The summed E-state index contributed by atoms with van der Waals surface area (Å²) in [5, 5.41) is 12.1. The van der Waals surface area contributed by atoms with Gasteiger partial charge in [0.05, 0.1) is 0 Å². The van der Waals surface area contributed by atoms with Crippen LogP contribution in [0.4, 0.5) is 5.13 Å². The number of nitrogens with zero attached hydrogens (tertiary/aromatic N) is 2. The molecular formula is C17H20N4O3S. The van der Waals surface area contributed by atoms with Gasteiger partial charge in [-0.3, -0.25) is 14.9 Å². The third kappa shape index (κ3) is 6.72. The molecule has 1 heterocycles. The van der Waals surface area contributed by atoms with Crippen molar-refractivity contribution in [3.05, 3.63) is 40.9 Å². The second kappa shape index (κ2) is 9.53. The molecule has 1 aromatic carbocycles. The third-order valence-electron chi connectivity index (χ3n) is 3.13. The molecule has 0 saturated heterocycles. The fraction of sp³-hybridized carbons (Fsp3) is 0.294. The Bertz CT molecular complexity index is 741. The number of hydrogen-bond acceptors (Lipinski definition) is 6. The molecule has 2 amide bonds. The highest BCUT2D eigenvalue weighted by atomic mass is 32.1. The number of anilines is 1. The number of carbonyl (C=O) groups is 2. The smallest absolute Gasteiger partial charge is 0.255 e. The Balaban J connectivity index is 1.85. The van der Waals surface area contributed by atoms with Gasteiger partial charge in [0, 0.05) is 12.5 Å². The van der Waals surface area contributed by atoms with E-state index in [1.54, 1.807) is 30.3 Å². The first-order chi connectivity index (χ1) is 12.1. The van der Waals surface area contributed by atoms with E-state index in [-0.39, 0.29) is 12.5 Å². The molecule has 7 nitrogen and oxygen atoms in total. The molecule has 0 fully saturated rings. The quantitative estimate of drug-likeness (QED) is 0.668. The molecule has 0 spiro atoms. The SMILES string of the molecule is CCCCc1nnc(NC(=O)/C=C/c2ccc(OCC(N)=O)cc2)s1. The van der Waals surface area contributed by atoms with Gasteiger partial charge in [0.1, 0.15) is 10.8 Å². The molecule has 2 rings (SSSR count). The third-order valence-corrected chi connectivity index (χ3v) is 4.03. The number of unbranched alkanes of at least 4 members (excludes halogenated alkanes) is 1. The van der Waals surface area contributed by atoms with Crippen LogP contribution in [-0.4, -0.2) is 28.6 Å². The van der Waals surface area contributed by atoms with Crippen LogP contribution >= 0.6 is 11.3 Å². The number of aromatic nitrogens is 2. The largest absolute Gasteiger partial charge is 0.484 e. The summed E-state index contributed by atoms with van der Waals surface area (Å²) < 4.78 is 5.17. The summed E-state index contributed by atoms with van der Waals surface area (Å²) in [5.74, 6) is -0.267. The van der Waals surface area contributed by atoms with E-state index in [9.17, 15) is 9.59 Å². The first-order valence-corrected chi connectivity index (χ1v) is 8.71. The second-order valence-electron chi connectivity index (χ2n) is 5.25. The molecule has 0 aliphatic rings. The van der Waals surface area contributed by atoms with Crippen molar-refractivity contribution in [1.29, 1.82) is 0 Å². The van der Waals surface area contributed by atoms with Crippen LogP contribution in [0.1, 0.15) is 30.3 Å². The monoisotopic (exact) mass is 360 g/mol. The zero-order valence-electron chi connectivity index (χ0n) is 13.9. The molecule has 0 saturated carbocycles. The van der Waals surface area contributed by atoms with Crippen LogP contribution in [0.3, 0.4) is 0 Å². The number of aryl methyl sites for hydroxylation is 1. The van der Waals surface area contributed by atoms with Gasteiger partial charge in [0.15, 0.2) is 6.61 Å². The topological polar surface area (TPSA) is 107 Å². The molecule has 8 heteroatoms. The Morgan fingerprint density at radius 3 is 2.72 bits per heavy atom. The van der Waals surface area contributed by atoms with Crippen molar-refractivity contribution in [3.8, 4) is 5.75 Å². The zero-order valence-corrected chi connectivity index (χ0v) is 14.7. The van der Waals surface area contributed by atoms with Crippen molar-refractivity contribution in [2.75, 3.05) is 11.9 Å². The van der Waals surface area contributed by atoms with Gasteiger partial charge in [-0.2, -0.15) is 0 Å². The van der Waals surface area contributed by atoms with E-state index >= 15 is 0 Å². The average Bonchev–Trinajstić information content (AvgIpc) is 3.04. The van der Waals surface area contributed by atoms with Gasteiger partial charge in [-0.05, 0) is 30.2 Å². The highest BCUT2D eigenvalue weighted by Crippen LogP contribution is 2.17. The molecule has 0 atom stereocenters. The number of carbonyl (C=O) groups excluding carboxylic acids is 2. The van der Waals surface area contributed by atoms with Gasteiger partial charge in [0.2, 0.25) is 11.0 Å². The molecule has 132 valence electrons. The maximum Gasteiger partial charge on any atom is 0.255 e. The number of nitrogens with one attached hydrogen (secondary N) is 1. The lowest BCUT2D eigenvalue weighted by atomic mass is 10.2. The number of nitrogens with two attached hydrogens (primary N) is 1. The summed E-state index contributed by atoms with van der Waals surface area (Å²) in [6, 6.07) is 6.94. The number of primary amides is 1. The van der Waals surface area contributed by atoms with E-state index in [1.165, 1.54) is 17.4 Å². The Morgan fingerprint density at radius 2 is 2.04 bits per heavy atom. The molecule has 25 heavy (non-hydrogen) atoms. The van der Waals surface area contributed by atoms with Crippen molar-refractivity contribution in [2.45, 2.75) is 26.2 Å². The zero-order chi connectivity index (χ0) is 18.1. The average molecular weight is 360 g/mol. The molecule has 0 unspecified atom stereocenters. The van der Waals surface area contributed by atoms with Crippen LogP contribution in [0.25, 0.3) is 6.08 Å². The van der Waals surface area contributed by atoms with Crippen molar-refractivity contribution < 1.29 is 14.3 Å². The summed E-state index contributed by atoms with van der Waals surface area (Å²) in [4.78, 5) is 22.6. The molecule has 0 bridgehead atoms. The Morgan fingerprint density at radius 1 is 1.28 bits per heavy atom. The Kier molecular flexibility index (Phi) is 7.09. The molecule has 0 radical (unpaired) electrons. The molecule has 1 aromatic heterocycles. The molecule has 0 aliphatic carbocycles. The maximum atomic E-state index is 11.9. The predicted octanol–water partition coefficient (Wildman–Crippen LogP) is 2.40. The number of rotatable bonds is 9. The summed E-state index contributed by atoms with van der Waals surface area (Å²) >= 11 is 1.39. The molecule has 2 aromatic rings. The minimum atomic E-state index is -0.532. The van der Waals surface area contributed by atoms with E-state index < -0.39 is 5.91 Å². The van der Waals surface area contributed by atoms with Crippen LogP contribution in [0, 0.1) is 0 Å². The second-order valence-corrected chi connectivity index (χ2v) is 6.31. The lowest BCUT2D eigenvalue weighted by molar-refractivity contribution is -0.120. The fourth-order valence-corrected chi connectivity index (χ4v) is 2.67. The normalized spacial score (nSPS) is 10.8. The first kappa shape index (κ1) is 18.6. The molecule has 3 N–H and O–H groups in total. The van der Waals surface area contributed by atoms with Crippen LogP contribution < -0.4 is 15.8 Å². The maximum absolute atomic E-state index is 11.9. The van der Waals surface area contributed by atoms with Gasteiger partial charge >= 0.3 is 0 Å². The van der Waals surface area contributed by atoms with Gasteiger partial charge in [-0.1, -0.05) is 36.8 Å². The van der Waals surface area contributed by atoms with Crippen LogP contribution in [0.15, 0.2) is 30.3 Å². The predicted molar refractivity (Wildman–Crippen MR) is 97.3 cm³/mol. The summed E-state index contributed by atoms with van der Waals surface area (Å²) in [7, 11) is 0. The van der Waals surface area contributed by atoms with Crippen molar-refractivity contribution in [3.63, 3.8) is 0 Å². The number of ether oxygens (including phenoxy) is 1. The lowest BCUT2D eigenvalue weighted by Crippen LogP contribution is -2.19. The van der Waals surface area contributed by atoms with E-state index in [0.717, 1.165) is 29.8 Å². The minimum absolute atomic E-state index is 0.167. The first-order valence-electron chi connectivity index (χ1n) is 7.89.